The van der Waals surface area contributed by atoms with Gasteiger partial charge in [0.1, 0.15) is 19.0 Å². The summed E-state index contributed by atoms with van der Waals surface area (Å²) in [6, 6.07) is 12.9. The summed E-state index contributed by atoms with van der Waals surface area (Å²) in [7, 11) is 0. The summed E-state index contributed by atoms with van der Waals surface area (Å²) in [5.41, 5.74) is 1.44. The van der Waals surface area contributed by atoms with E-state index in [1.165, 1.54) is 24.3 Å². The minimum absolute atomic E-state index is 0.00333. The summed E-state index contributed by atoms with van der Waals surface area (Å²) in [5.74, 6) is 0.0616. The molecule has 1 N–H and O–H groups in total. The number of nitrogens with one attached hydrogen (secondary N) is 1. The van der Waals surface area contributed by atoms with Crippen LogP contribution in [0.5, 0.6) is 5.75 Å². The average Bonchev–Trinajstić information content (AvgIpc) is 2.66. The van der Waals surface area contributed by atoms with Crippen molar-refractivity contribution in [3.05, 3.63) is 64.2 Å². The van der Waals surface area contributed by atoms with Crippen molar-refractivity contribution >= 4 is 17.3 Å². The van der Waals surface area contributed by atoms with E-state index in [0.717, 1.165) is 25.1 Å². The molecular weight excluding hydrogens is 336 g/mol. The molecule has 0 saturated carbocycles. The maximum atomic E-state index is 12.0. The van der Waals surface area contributed by atoms with Crippen molar-refractivity contribution in [2.75, 3.05) is 25.1 Å². The Labute approximate surface area is 152 Å². The molecule has 0 spiro atoms. The first kappa shape index (κ1) is 19.2. The average molecular weight is 358 g/mol. The van der Waals surface area contributed by atoms with Crippen molar-refractivity contribution in [1.82, 2.24) is 0 Å². The molecule has 0 aliphatic rings. The van der Waals surface area contributed by atoms with E-state index in [1.807, 2.05) is 12.1 Å². The Morgan fingerprint density at radius 3 is 2.38 bits per heavy atom. The van der Waals surface area contributed by atoms with Crippen LogP contribution in [0.1, 0.15) is 30.1 Å². The van der Waals surface area contributed by atoms with Crippen molar-refractivity contribution < 1.29 is 19.2 Å². The van der Waals surface area contributed by atoms with Gasteiger partial charge in [-0.05, 0) is 42.8 Å². The number of hydrogen-bond donors (Lipinski definition) is 1. The van der Waals surface area contributed by atoms with Crippen LogP contribution in [0.3, 0.4) is 0 Å². The Morgan fingerprint density at radius 1 is 1.08 bits per heavy atom. The third-order valence-electron chi connectivity index (χ3n) is 3.61. The van der Waals surface area contributed by atoms with E-state index in [4.69, 9.17) is 9.47 Å². The summed E-state index contributed by atoms with van der Waals surface area (Å²) in [6.45, 7) is 3.29. The molecule has 2 rings (SSSR count). The molecule has 0 aromatic heterocycles. The first-order valence-electron chi connectivity index (χ1n) is 8.48. The number of anilines is 1. The molecular formula is C19H22N2O5. The second kappa shape index (κ2) is 10.0. The molecule has 0 radical (unpaired) electrons. The third kappa shape index (κ3) is 6.08. The molecule has 0 heterocycles. The highest BCUT2D eigenvalue weighted by atomic mass is 16.6. The van der Waals surface area contributed by atoms with Crippen molar-refractivity contribution in [2.24, 2.45) is 0 Å². The minimum atomic E-state index is -0.476. The molecule has 7 nitrogen and oxygen atoms in total. The number of ether oxygens (including phenoxy) is 2. The van der Waals surface area contributed by atoms with E-state index < -0.39 is 10.9 Å². The molecule has 7 heteroatoms. The molecule has 138 valence electrons. The van der Waals surface area contributed by atoms with Crippen LogP contribution in [0, 0.1) is 10.1 Å². The van der Waals surface area contributed by atoms with Gasteiger partial charge in [0.05, 0.1) is 10.5 Å². The number of hydrogen-bond acceptors (Lipinski definition) is 6. The van der Waals surface area contributed by atoms with Gasteiger partial charge < -0.3 is 14.8 Å². The lowest BCUT2D eigenvalue weighted by molar-refractivity contribution is -0.384. The number of rotatable bonds is 10. The molecule has 2 aromatic rings. The van der Waals surface area contributed by atoms with E-state index in [0.29, 0.717) is 11.3 Å². The van der Waals surface area contributed by atoms with E-state index >= 15 is 0 Å². The molecule has 0 unspecified atom stereocenters. The predicted octanol–water partition coefficient (Wildman–Crippen LogP) is 4.04. The van der Waals surface area contributed by atoms with E-state index in [1.54, 1.807) is 12.1 Å². The fourth-order valence-electron chi connectivity index (χ4n) is 2.17. The topological polar surface area (TPSA) is 90.7 Å². The molecule has 0 saturated heterocycles. The monoisotopic (exact) mass is 358 g/mol. The molecule has 0 atom stereocenters. The number of non-ortho nitro benzene ring substituents is 1. The molecule has 0 fully saturated rings. The van der Waals surface area contributed by atoms with Crippen molar-refractivity contribution in [1.29, 1.82) is 0 Å². The number of carbonyl (C=O) groups is 1. The normalized spacial score (nSPS) is 10.2. The van der Waals surface area contributed by atoms with Gasteiger partial charge >= 0.3 is 5.97 Å². The fraction of sp³-hybridized carbons (Fsp3) is 0.316. The molecule has 0 bridgehead atoms. The van der Waals surface area contributed by atoms with E-state index in [9.17, 15) is 14.9 Å². The van der Waals surface area contributed by atoms with E-state index in [-0.39, 0.29) is 18.9 Å². The van der Waals surface area contributed by atoms with Crippen molar-refractivity contribution in [3.63, 3.8) is 0 Å². The van der Waals surface area contributed by atoms with Gasteiger partial charge in [0.15, 0.2) is 0 Å². The fourth-order valence-corrected chi connectivity index (χ4v) is 2.17. The highest BCUT2D eigenvalue weighted by Crippen LogP contribution is 2.17. The Hall–Kier alpha value is -3.09. The predicted molar refractivity (Wildman–Crippen MR) is 98.7 cm³/mol. The number of nitrogens with zero attached hydrogens (tertiary/aromatic N) is 1. The molecule has 26 heavy (non-hydrogen) atoms. The van der Waals surface area contributed by atoms with Crippen molar-refractivity contribution in [3.8, 4) is 5.75 Å². The van der Waals surface area contributed by atoms with Crippen LogP contribution >= 0.6 is 0 Å². The van der Waals surface area contributed by atoms with Crippen LogP contribution in [0.4, 0.5) is 11.4 Å². The number of nitro groups is 1. The van der Waals surface area contributed by atoms with Gasteiger partial charge in [0.25, 0.3) is 5.69 Å². The largest absolute Gasteiger partial charge is 0.490 e. The quantitative estimate of drug-likeness (QED) is 0.298. The van der Waals surface area contributed by atoms with Gasteiger partial charge in [0.2, 0.25) is 0 Å². The van der Waals surface area contributed by atoms with Crippen LogP contribution in [0.25, 0.3) is 0 Å². The second-order valence-electron chi connectivity index (χ2n) is 5.59. The van der Waals surface area contributed by atoms with Gasteiger partial charge in [-0.15, -0.1) is 0 Å². The number of carbonyl (C=O) groups excluding carboxylic acids is 1. The number of benzene rings is 2. The van der Waals surface area contributed by atoms with Crippen molar-refractivity contribution in [2.45, 2.75) is 19.8 Å². The van der Waals surface area contributed by atoms with Crippen LogP contribution in [-0.4, -0.2) is 30.7 Å². The zero-order chi connectivity index (χ0) is 18.8. The Kier molecular flexibility index (Phi) is 7.42. The summed E-state index contributed by atoms with van der Waals surface area (Å²) in [6.07, 6.45) is 2.22. The highest BCUT2D eigenvalue weighted by Gasteiger charge is 2.08. The zero-order valence-corrected chi connectivity index (χ0v) is 14.6. The molecule has 0 amide bonds. The van der Waals surface area contributed by atoms with Crippen LogP contribution in [0.2, 0.25) is 0 Å². The number of nitro benzene ring substituents is 1. The Balaban J connectivity index is 1.72. The lowest BCUT2D eigenvalue weighted by Gasteiger charge is -2.08. The summed E-state index contributed by atoms with van der Waals surface area (Å²) in [4.78, 5) is 22.1. The third-order valence-corrected chi connectivity index (χ3v) is 3.61. The summed E-state index contributed by atoms with van der Waals surface area (Å²) < 4.78 is 10.5. The second-order valence-corrected chi connectivity index (χ2v) is 5.59. The highest BCUT2D eigenvalue weighted by molar-refractivity contribution is 5.89. The van der Waals surface area contributed by atoms with Gasteiger partial charge in [-0.25, -0.2) is 4.79 Å². The summed E-state index contributed by atoms with van der Waals surface area (Å²) >= 11 is 0. The van der Waals surface area contributed by atoms with Gasteiger partial charge in [0, 0.05) is 24.4 Å². The number of unbranched alkanes of at least 4 members (excludes halogenated alkanes) is 1. The molecule has 0 aliphatic heterocycles. The van der Waals surface area contributed by atoms with Gasteiger partial charge in [-0.3, -0.25) is 10.1 Å². The lowest BCUT2D eigenvalue weighted by atomic mass is 10.2. The zero-order valence-electron chi connectivity index (χ0n) is 14.6. The lowest BCUT2D eigenvalue weighted by Crippen LogP contribution is -2.12. The molecule has 2 aromatic carbocycles. The number of esters is 1. The van der Waals surface area contributed by atoms with Gasteiger partial charge in [-0.2, -0.15) is 0 Å². The van der Waals surface area contributed by atoms with Crippen LogP contribution in [0.15, 0.2) is 48.5 Å². The first-order valence-corrected chi connectivity index (χ1v) is 8.48. The Bertz CT molecular complexity index is 714. The Morgan fingerprint density at radius 2 is 1.77 bits per heavy atom. The smallest absolute Gasteiger partial charge is 0.338 e. The van der Waals surface area contributed by atoms with Gasteiger partial charge in [-0.1, -0.05) is 13.3 Å². The standard InChI is InChI=1S/C19H22N2O5/c1-2-3-12-20-16-6-4-15(5-7-16)19(22)26-14-13-25-18-10-8-17(9-11-18)21(23)24/h4-11,20H,2-3,12-14H2,1H3. The van der Waals surface area contributed by atoms with Crippen LogP contribution < -0.4 is 10.1 Å². The molecule has 0 aliphatic carbocycles. The maximum Gasteiger partial charge on any atom is 0.338 e. The maximum absolute atomic E-state index is 12.0. The summed E-state index contributed by atoms with van der Waals surface area (Å²) in [5, 5.41) is 13.9. The van der Waals surface area contributed by atoms with Crippen LogP contribution in [-0.2, 0) is 4.74 Å². The minimum Gasteiger partial charge on any atom is -0.490 e. The first-order chi connectivity index (χ1) is 12.6. The SMILES string of the molecule is CCCCNc1ccc(C(=O)OCCOc2ccc([N+](=O)[O-])cc2)cc1. The van der Waals surface area contributed by atoms with E-state index in [2.05, 4.69) is 12.2 Å².